The molecule has 0 fully saturated rings. The van der Waals surface area contributed by atoms with Crippen molar-refractivity contribution in [3.63, 3.8) is 0 Å². The van der Waals surface area contributed by atoms with Crippen LogP contribution in [0.3, 0.4) is 0 Å². The Kier molecular flexibility index (Phi) is 5.17. The Balaban J connectivity index is 2.53. The van der Waals surface area contributed by atoms with Crippen LogP contribution in [0.5, 0.6) is 11.5 Å². The number of hydrogen-bond acceptors (Lipinski definition) is 4. The van der Waals surface area contributed by atoms with E-state index in [9.17, 15) is 4.39 Å². The molecule has 0 aliphatic carbocycles. The number of halogens is 2. The largest absolute Gasteiger partial charge is 0.497 e. The lowest BCUT2D eigenvalue weighted by molar-refractivity contribution is 0.387. The molecular formula is C15H16BrFN2O2. The average molecular weight is 355 g/mol. The van der Waals surface area contributed by atoms with Gasteiger partial charge in [-0.1, -0.05) is 12.1 Å². The van der Waals surface area contributed by atoms with Crippen molar-refractivity contribution < 1.29 is 13.9 Å². The van der Waals surface area contributed by atoms with Crippen molar-refractivity contribution in [1.29, 1.82) is 0 Å². The predicted molar refractivity (Wildman–Crippen MR) is 82.8 cm³/mol. The number of hydrazine groups is 1. The van der Waals surface area contributed by atoms with Crippen LogP contribution < -0.4 is 20.7 Å². The first-order chi connectivity index (χ1) is 10.1. The molecule has 0 spiro atoms. The van der Waals surface area contributed by atoms with Crippen molar-refractivity contribution in [2.24, 2.45) is 5.84 Å². The first kappa shape index (κ1) is 15.8. The molecule has 112 valence electrons. The van der Waals surface area contributed by atoms with Crippen LogP contribution in [0, 0.1) is 5.82 Å². The zero-order valence-electron chi connectivity index (χ0n) is 11.7. The third kappa shape index (κ3) is 3.18. The molecule has 4 nitrogen and oxygen atoms in total. The van der Waals surface area contributed by atoms with E-state index in [0.29, 0.717) is 21.5 Å². The van der Waals surface area contributed by atoms with E-state index in [4.69, 9.17) is 15.3 Å². The molecule has 0 amide bonds. The van der Waals surface area contributed by atoms with E-state index in [2.05, 4.69) is 21.4 Å². The number of nitrogens with one attached hydrogen (secondary N) is 1. The lowest BCUT2D eigenvalue weighted by Crippen LogP contribution is -2.29. The van der Waals surface area contributed by atoms with E-state index in [1.807, 2.05) is 6.07 Å². The van der Waals surface area contributed by atoms with Gasteiger partial charge in [0.15, 0.2) is 0 Å². The normalized spacial score (nSPS) is 12.0. The summed E-state index contributed by atoms with van der Waals surface area (Å²) in [6.07, 6.45) is 0. The van der Waals surface area contributed by atoms with Gasteiger partial charge in [-0.3, -0.25) is 5.84 Å². The van der Waals surface area contributed by atoms with Crippen molar-refractivity contribution >= 4 is 15.9 Å². The Morgan fingerprint density at radius 2 is 1.90 bits per heavy atom. The fourth-order valence-electron chi connectivity index (χ4n) is 2.15. The molecule has 0 saturated heterocycles. The molecule has 0 radical (unpaired) electrons. The van der Waals surface area contributed by atoms with Gasteiger partial charge < -0.3 is 9.47 Å². The van der Waals surface area contributed by atoms with Gasteiger partial charge in [-0.2, -0.15) is 0 Å². The maximum atomic E-state index is 13.7. The molecule has 0 bridgehead atoms. The summed E-state index contributed by atoms with van der Waals surface area (Å²) in [7, 11) is 3.14. The van der Waals surface area contributed by atoms with Gasteiger partial charge in [0.05, 0.1) is 24.7 Å². The van der Waals surface area contributed by atoms with Crippen molar-refractivity contribution in [2.45, 2.75) is 6.04 Å². The average Bonchev–Trinajstić information content (AvgIpc) is 2.52. The number of hydrogen-bond donors (Lipinski definition) is 2. The molecule has 0 aromatic heterocycles. The van der Waals surface area contributed by atoms with Crippen LogP contribution in [0.1, 0.15) is 17.2 Å². The van der Waals surface area contributed by atoms with E-state index in [0.717, 1.165) is 5.56 Å². The van der Waals surface area contributed by atoms with Crippen LogP contribution in [0.2, 0.25) is 0 Å². The Bertz CT molecular complexity index is 637. The number of methoxy groups -OCH3 is 2. The predicted octanol–water partition coefficient (Wildman–Crippen LogP) is 3.16. The molecule has 1 unspecified atom stereocenters. The molecular weight excluding hydrogens is 339 g/mol. The second kappa shape index (κ2) is 6.89. The van der Waals surface area contributed by atoms with Crippen molar-refractivity contribution in [1.82, 2.24) is 5.43 Å². The van der Waals surface area contributed by atoms with Crippen LogP contribution in [-0.4, -0.2) is 14.2 Å². The Hall–Kier alpha value is -1.63. The summed E-state index contributed by atoms with van der Waals surface area (Å²) in [4.78, 5) is 0. The Labute approximate surface area is 131 Å². The second-order valence-electron chi connectivity index (χ2n) is 4.35. The van der Waals surface area contributed by atoms with Gasteiger partial charge in [-0.05, 0) is 39.7 Å². The van der Waals surface area contributed by atoms with Gasteiger partial charge in [0.1, 0.15) is 17.3 Å². The number of nitrogens with two attached hydrogens (primary N) is 1. The van der Waals surface area contributed by atoms with Crippen LogP contribution >= 0.6 is 15.9 Å². The first-order valence-electron chi connectivity index (χ1n) is 6.24. The second-order valence-corrected chi connectivity index (χ2v) is 5.14. The first-order valence-corrected chi connectivity index (χ1v) is 7.03. The van der Waals surface area contributed by atoms with Crippen LogP contribution in [-0.2, 0) is 0 Å². The highest BCUT2D eigenvalue weighted by Gasteiger charge is 2.21. The molecule has 2 rings (SSSR count). The van der Waals surface area contributed by atoms with E-state index >= 15 is 0 Å². The van der Waals surface area contributed by atoms with Crippen molar-refractivity contribution in [3.8, 4) is 11.5 Å². The fraction of sp³-hybridized carbons (Fsp3) is 0.200. The van der Waals surface area contributed by atoms with Crippen molar-refractivity contribution in [2.75, 3.05) is 14.2 Å². The van der Waals surface area contributed by atoms with Crippen LogP contribution in [0.15, 0.2) is 40.9 Å². The Morgan fingerprint density at radius 1 is 1.14 bits per heavy atom. The zero-order chi connectivity index (χ0) is 15.4. The van der Waals surface area contributed by atoms with Gasteiger partial charge in [0.2, 0.25) is 0 Å². The molecule has 21 heavy (non-hydrogen) atoms. The van der Waals surface area contributed by atoms with Crippen molar-refractivity contribution in [3.05, 3.63) is 57.8 Å². The monoisotopic (exact) mass is 354 g/mol. The summed E-state index contributed by atoms with van der Waals surface area (Å²) in [5.41, 5.74) is 4.16. The molecule has 0 aliphatic heterocycles. The van der Waals surface area contributed by atoms with E-state index < -0.39 is 6.04 Å². The Morgan fingerprint density at radius 3 is 2.52 bits per heavy atom. The summed E-state index contributed by atoms with van der Waals surface area (Å²) < 4.78 is 24.6. The molecule has 0 aliphatic rings. The molecule has 3 N–H and O–H groups in total. The molecule has 0 heterocycles. The lowest BCUT2D eigenvalue weighted by atomic mass is 9.98. The summed E-state index contributed by atoms with van der Waals surface area (Å²) >= 11 is 3.26. The maximum Gasteiger partial charge on any atom is 0.137 e. The maximum absolute atomic E-state index is 13.7. The highest BCUT2D eigenvalue weighted by molar-refractivity contribution is 9.10. The quantitative estimate of drug-likeness (QED) is 0.639. The van der Waals surface area contributed by atoms with E-state index in [1.165, 1.54) is 6.07 Å². The van der Waals surface area contributed by atoms with Gasteiger partial charge in [0, 0.05) is 11.6 Å². The number of benzene rings is 2. The number of ether oxygens (including phenoxy) is 2. The SMILES string of the molecule is COc1ccc(C(NN)c2cccc(F)c2Br)c(OC)c1. The minimum atomic E-state index is -0.420. The molecule has 1 atom stereocenters. The van der Waals surface area contributed by atoms with Crippen LogP contribution in [0.4, 0.5) is 4.39 Å². The molecule has 2 aromatic rings. The highest BCUT2D eigenvalue weighted by Crippen LogP contribution is 2.36. The smallest absolute Gasteiger partial charge is 0.137 e. The summed E-state index contributed by atoms with van der Waals surface area (Å²) in [6, 6.07) is 9.78. The van der Waals surface area contributed by atoms with E-state index in [1.54, 1.807) is 38.5 Å². The summed E-state index contributed by atoms with van der Waals surface area (Å²) in [6.45, 7) is 0. The summed E-state index contributed by atoms with van der Waals surface area (Å²) in [5.74, 6) is 6.60. The summed E-state index contributed by atoms with van der Waals surface area (Å²) in [5, 5.41) is 0. The number of rotatable bonds is 5. The van der Waals surface area contributed by atoms with Gasteiger partial charge in [0.25, 0.3) is 0 Å². The third-order valence-corrected chi connectivity index (χ3v) is 4.05. The standard InChI is InChI=1S/C15H16BrFN2O2/c1-20-9-6-7-10(13(8-9)21-2)15(19-18)11-4-3-5-12(17)14(11)16/h3-8,15,19H,18H2,1-2H3. The fourth-order valence-corrected chi connectivity index (χ4v) is 2.64. The lowest BCUT2D eigenvalue weighted by Gasteiger charge is -2.21. The van der Waals surface area contributed by atoms with Crippen LogP contribution in [0.25, 0.3) is 0 Å². The zero-order valence-corrected chi connectivity index (χ0v) is 13.3. The topological polar surface area (TPSA) is 56.5 Å². The van der Waals surface area contributed by atoms with Gasteiger partial charge in [-0.15, -0.1) is 0 Å². The third-order valence-electron chi connectivity index (χ3n) is 3.21. The van der Waals surface area contributed by atoms with E-state index in [-0.39, 0.29) is 5.82 Å². The molecule has 0 saturated carbocycles. The minimum Gasteiger partial charge on any atom is -0.497 e. The molecule has 2 aromatic carbocycles. The molecule has 6 heteroatoms. The highest BCUT2D eigenvalue weighted by atomic mass is 79.9. The van der Waals surface area contributed by atoms with Gasteiger partial charge in [-0.25, -0.2) is 9.82 Å². The van der Waals surface area contributed by atoms with Gasteiger partial charge >= 0.3 is 0 Å². The minimum absolute atomic E-state index is 0.347.